The largest absolute Gasteiger partial charge is 0.341 e. The minimum absolute atomic E-state index is 0.148. The first-order chi connectivity index (χ1) is 9.79. The number of hydrogen-bond acceptors (Lipinski definition) is 2. The molecule has 0 N–H and O–H groups in total. The molecule has 4 heteroatoms. The fourth-order valence-electron chi connectivity index (χ4n) is 2.86. The van der Waals surface area contributed by atoms with E-state index in [-0.39, 0.29) is 5.91 Å². The van der Waals surface area contributed by atoms with Gasteiger partial charge in [0.15, 0.2) is 0 Å². The van der Waals surface area contributed by atoms with Crippen molar-refractivity contribution in [1.29, 1.82) is 5.26 Å². The number of nitriles is 1. The van der Waals surface area contributed by atoms with Crippen LogP contribution in [0.25, 0.3) is 10.9 Å². The second kappa shape index (κ2) is 5.38. The van der Waals surface area contributed by atoms with Crippen molar-refractivity contribution >= 4 is 16.8 Å². The molecule has 1 saturated heterocycles. The van der Waals surface area contributed by atoms with Crippen LogP contribution >= 0.6 is 0 Å². The number of nitrogens with zero attached hydrogens (tertiary/aromatic N) is 3. The van der Waals surface area contributed by atoms with Gasteiger partial charge in [-0.1, -0.05) is 18.2 Å². The Morgan fingerprint density at radius 1 is 1.20 bits per heavy atom. The van der Waals surface area contributed by atoms with Crippen LogP contribution in [0.4, 0.5) is 0 Å². The summed E-state index contributed by atoms with van der Waals surface area (Å²) in [6.45, 7) is 2.05. The van der Waals surface area contributed by atoms with E-state index in [9.17, 15) is 10.1 Å². The van der Waals surface area contributed by atoms with Gasteiger partial charge < -0.3 is 9.47 Å². The van der Waals surface area contributed by atoms with Crippen LogP contribution in [0.5, 0.6) is 0 Å². The molecule has 0 radical (unpaired) electrons. The third kappa shape index (κ3) is 2.27. The lowest BCUT2D eigenvalue weighted by molar-refractivity contribution is -0.132. The smallest absolute Gasteiger partial charge is 0.242 e. The van der Waals surface area contributed by atoms with Gasteiger partial charge in [-0.3, -0.25) is 4.79 Å². The van der Waals surface area contributed by atoms with Gasteiger partial charge in [0.2, 0.25) is 5.91 Å². The highest BCUT2D eigenvalue weighted by Gasteiger charge is 2.18. The second-order valence-electron chi connectivity index (χ2n) is 5.24. The van der Waals surface area contributed by atoms with E-state index in [1.807, 2.05) is 33.7 Å². The normalized spacial score (nSPS) is 15.2. The van der Waals surface area contributed by atoms with E-state index in [1.54, 1.807) is 6.20 Å². The molecule has 1 fully saturated rings. The zero-order valence-corrected chi connectivity index (χ0v) is 11.4. The van der Waals surface area contributed by atoms with E-state index in [4.69, 9.17) is 0 Å². The lowest BCUT2D eigenvalue weighted by atomic mass is 10.1. The molecule has 0 unspecified atom stereocenters. The summed E-state index contributed by atoms with van der Waals surface area (Å²) < 4.78 is 1.89. The van der Waals surface area contributed by atoms with Crippen LogP contribution in [0.1, 0.15) is 24.8 Å². The molecule has 1 amide bonds. The average molecular weight is 267 g/mol. The molecule has 0 saturated carbocycles. The van der Waals surface area contributed by atoms with Gasteiger partial charge in [-0.05, 0) is 25.3 Å². The molecule has 1 aliphatic heterocycles. The summed E-state index contributed by atoms with van der Waals surface area (Å²) in [6.07, 6.45) is 5.20. The quantitative estimate of drug-likeness (QED) is 0.839. The number of para-hydroxylation sites is 1. The summed E-state index contributed by atoms with van der Waals surface area (Å²) in [4.78, 5) is 14.3. The highest BCUT2D eigenvalue weighted by molar-refractivity contribution is 5.88. The number of carbonyl (C=O) groups excluding carboxylic acids is 1. The van der Waals surface area contributed by atoms with Crippen molar-refractivity contribution in [2.75, 3.05) is 13.1 Å². The van der Waals surface area contributed by atoms with Crippen molar-refractivity contribution < 1.29 is 4.79 Å². The molecule has 1 aromatic heterocycles. The molecule has 0 bridgehead atoms. The van der Waals surface area contributed by atoms with Gasteiger partial charge in [-0.25, -0.2) is 0 Å². The highest BCUT2D eigenvalue weighted by Crippen LogP contribution is 2.21. The van der Waals surface area contributed by atoms with Crippen LogP contribution in [0.3, 0.4) is 0 Å². The van der Waals surface area contributed by atoms with E-state index >= 15 is 0 Å². The summed E-state index contributed by atoms with van der Waals surface area (Å²) in [5.41, 5.74) is 1.58. The molecule has 1 aliphatic rings. The van der Waals surface area contributed by atoms with Crippen molar-refractivity contribution in [3.63, 3.8) is 0 Å². The van der Waals surface area contributed by atoms with Crippen LogP contribution in [0.2, 0.25) is 0 Å². The van der Waals surface area contributed by atoms with Crippen molar-refractivity contribution in [2.24, 2.45) is 0 Å². The van der Waals surface area contributed by atoms with Gasteiger partial charge in [0.05, 0.1) is 5.56 Å². The van der Waals surface area contributed by atoms with E-state index in [1.165, 1.54) is 6.42 Å². The van der Waals surface area contributed by atoms with Crippen LogP contribution in [0, 0.1) is 11.3 Å². The predicted molar refractivity (Wildman–Crippen MR) is 77.1 cm³/mol. The zero-order chi connectivity index (χ0) is 13.9. The number of aromatic nitrogens is 1. The van der Waals surface area contributed by atoms with E-state index in [0.29, 0.717) is 12.1 Å². The molecule has 102 valence electrons. The van der Waals surface area contributed by atoms with Crippen molar-refractivity contribution in [3.8, 4) is 6.07 Å². The van der Waals surface area contributed by atoms with Crippen LogP contribution in [-0.2, 0) is 11.3 Å². The maximum absolute atomic E-state index is 12.3. The molecule has 0 atom stereocenters. The Hall–Kier alpha value is -2.28. The first-order valence-electron chi connectivity index (χ1n) is 7.05. The van der Waals surface area contributed by atoms with E-state index in [0.717, 1.165) is 36.8 Å². The molecule has 0 aliphatic carbocycles. The summed E-state index contributed by atoms with van der Waals surface area (Å²) in [6, 6.07) is 9.93. The van der Waals surface area contributed by atoms with Crippen molar-refractivity contribution in [2.45, 2.75) is 25.8 Å². The van der Waals surface area contributed by atoms with Gasteiger partial charge in [0.25, 0.3) is 0 Å². The molecule has 20 heavy (non-hydrogen) atoms. The Morgan fingerprint density at radius 2 is 1.95 bits per heavy atom. The second-order valence-corrected chi connectivity index (χ2v) is 5.24. The number of hydrogen-bond donors (Lipinski definition) is 0. The van der Waals surface area contributed by atoms with E-state index in [2.05, 4.69) is 6.07 Å². The lowest BCUT2D eigenvalue weighted by Gasteiger charge is -2.27. The molecule has 2 aromatic rings. The monoisotopic (exact) mass is 267 g/mol. The van der Waals surface area contributed by atoms with Gasteiger partial charge in [-0.15, -0.1) is 0 Å². The summed E-state index contributed by atoms with van der Waals surface area (Å²) in [5, 5.41) is 10.1. The number of amides is 1. The van der Waals surface area contributed by atoms with Gasteiger partial charge in [0.1, 0.15) is 12.6 Å². The molecule has 4 nitrogen and oxygen atoms in total. The van der Waals surface area contributed by atoms with Crippen LogP contribution in [0.15, 0.2) is 30.5 Å². The molecule has 0 spiro atoms. The minimum Gasteiger partial charge on any atom is -0.341 e. The number of piperidine rings is 1. The Kier molecular flexibility index (Phi) is 3.42. The summed E-state index contributed by atoms with van der Waals surface area (Å²) >= 11 is 0. The fraction of sp³-hybridized carbons (Fsp3) is 0.375. The minimum atomic E-state index is 0.148. The third-order valence-electron chi connectivity index (χ3n) is 3.92. The van der Waals surface area contributed by atoms with Gasteiger partial charge in [0, 0.05) is 30.2 Å². The fourth-order valence-corrected chi connectivity index (χ4v) is 2.86. The predicted octanol–water partition coefficient (Wildman–Crippen LogP) is 2.53. The summed E-state index contributed by atoms with van der Waals surface area (Å²) in [7, 11) is 0. The molecule has 1 aromatic carbocycles. The number of likely N-dealkylation sites (tertiary alicyclic amines) is 1. The highest BCUT2D eigenvalue weighted by atomic mass is 16.2. The third-order valence-corrected chi connectivity index (χ3v) is 3.92. The first-order valence-corrected chi connectivity index (χ1v) is 7.05. The van der Waals surface area contributed by atoms with Gasteiger partial charge in [-0.2, -0.15) is 5.26 Å². The number of carbonyl (C=O) groups is 1. The maximum Gasteiger partial charge on any atom is 0.242 e. The SMILES string of the molecule is N#Cc1cn(CC(=O)N2CCCCC2)c2ccccc12. The lowest BCUT2D eigenvalue weighted by Crippen LogP contribution is -2.37. The van der Waals surface area contributed by atoms with Crippen molar-refractivity contribution in [1.82, 2.24) is 9.47 Å². The Bertz CT molecular complexity index is 675. The number of rotatable bonds is 2. The molecular formula is C16H17N3O. The van der Waals surface area contributed by atoms with Gasteiger partial charge >= 0.3 is 0 Å². The van der Waals surface area contributed by atoms with Crippen LogP contribution in [-0.4, -0.2) is 28.5 Å². The van der Waals surface area contributed by atoms with Crippen LogP contribution < -0.4 is 0 Å². The topological polar surface area (TPSA) is 49.0 Å². The summed E-state index contributed by atoms with van der Waals surface area (Å²) in [5.74, 6) is 0.148. The average Bonchev–Trinajstić information content (AvgIpc) is 2.86. The Balaban J connectivity index is 1.87. The Morgan fingerprint density at radius 3 is 2.70 bits per heavy atom. The standard InChI is InChI=1S/C16H17N3O/c17-10-13-11-19(15-7-3-2-6-14(13)15)12-16(20)18-8-4-1-5-9-18/h2-3,6-7,11H,1,4-5,8-9,12H2. The number of fused-ring (bicyclic) bond motifs is 1. The number of benzene rings is 1. The molecule has 2 heterocycles. The van der Waals surface area contributed by atoms with Crippen molar-refractivity contribution in [3.05, 3.63) is 36.0 Å². The van der Waals surface area contributed by atoms with E-state index < -0.39 is 0 Å². The zero-order valence-electron chi connectivity index (χ0n) is 11.4. The molecule has 3 rings (SSSR count). The maximum atomic E-state index is 12.3. The Labute approximate surface area is 118 Å². The first kappa shape index (κ1) is 12.7. The molecular weight excluding hydrogens is 250 g/mol.